The molecule has 2 aromatic rings. The van der Waals surface area contributed by atoms with Crippen LogP contribution < -0.4 is 0 Å². The van der Waals surface area contributed by atoms with Crippen molar-refractivity contribution in [2.45, 2.75) is 0 Å². The summed E-state index contributed by atoms with van der Waals surface area (Å²) in [6.07, 6.45) is 2.44. The first-order valence-electron chi connectivity index (χ1n) is 3.30. The zero-order valence-electron chi connectivity index (χ0n) is 5.95. The zero-order chi connectivity index (χ0) is 8.55. The lowest BCUT2D eigenvalue weighted by atomic mass is 10.4. The SMILES string of the molecule is O=Cc1cc2nccc(Cl)c2s1. The summed E-state index contributed by atoms with van der Waals surface area (Å²) >= 11 is 7.24. The standard InChI is InChI=1S/C8H4ClNOS/c9-6-1-2-10-7-3-5(4-11)12-8(6)7/h1-4H. The van der Waals surface area contributed by atoms with E-state index in [9.17, 15) is 4.79 Å². The Hall–Kier alpha value is -0.930. The van der Waals surface area contributed by atoms with Gasteiger partial charge in [-0.2, -0.15) is 0 Å². The Bertz CT molecular complexity index is 438. The minimum Gasteiger partial charge on any atom is -0.297 e. The molecule has 0 saturated heterocycles. The molecule has 4 heteroatoms. The number of halogens is 1. The molecule has 0 radical (unpaired) electrons. The van der Waals surface area contributed by atoms with Crippen molar-refractivity contribution in [1.29, 1.82) is 0 Å². The molecule has 0 N–H and O–H groups in total. The van der Waals surface area contributed by atoms with Gasteiger partial charge in [0.25, 0.3) is 0 Å². The lowest BCUT2D eigenvalue weighted by Gasteiger charge is -1.88. The summed E-state index contributed by atoms with van der Waals surface area (Å²) in [5.74, 6) is 0. The van der Waals surface area contributed by atoms with Crippen LogP contribution in [0.15, 0.2) is 18.3 Å². The molecule has 0 aliphatic heterocycles. The van der Waals surface area contributed by atoms with Crippen LogP contribution in [0.2, 0.25) is 5.02 Å². The molecule has 2 nitrogen and oxygen atoms in total. The predicted molar refractivity (Wildman–Crippen MR) is 50.0 cm³/mol. The van der Waals surface area contributed by atoms with Gasteiger partial charge in [-0.05, 0) is 12.1 Å². The van der Waals surface area contributed by atoms with E-state index in [-0.39, 0.29) is 0 Å². The lowest BCUT2D eigenvalue weighted by Crippen LogP contribution is -1.70. The highest BCUT2D eigenvalue weighted by Crippen LogP contribution is 2.28. The number of aldehydes is 1. The third kappa shape index (κ3) is 1.11. The average Bonchev–Trinajstić information content (AvgIpc) is 2.49. The van der Waals surface area contributed by atoms with E-state index in [1.54, 1.807) is 18.3 Å². The van der Waals surface area contributed by atoms with Crippen LogP contribution in [-0.2, 0) is 0 Å². The maximum absolute atomic E-state index is 10.4. The summed E-state index contributed by atoms with van der Waals surface area (Å²) in [5.41, 5.74) is 0.787. The number of pyridine rings is 1. The second kappa shape index (κ2) is 2.84. The van der Waals surface area contributed by atoms with Gasteiger partial charge >= 0.3 is 0 Å². The van der Waals surface area contributed by atoms with Crippen molar-refractivity contribution in [2.75, 3.05) is 0 Å². The van der Waals surface area contributed by atoms with E-state index in [1.807, 2.05) is 0 Å². The highest BCUT2D eigenvalue weighted by Gasteiger charge is 2.04. The summed E-state index contributed by atoms with van der Waals surface area (Å²) in [4.78, 5) is 15.2. The Kier molecular flexibility index (Phi) is 1.83. The van der Waals surface area contributed by atoms with E-state index in [0.717, 1.165) is 16.5 Å². The molecule has 0 bridgehead atoms. The number of fused-ring (bicyclic) bond motifs is 1. The molecule has 2 aromatic heterocycles. The number of aromatic nitrogens is 1. The second-order valence-electron chi connectivity index (χ2n) is 2.27. The fourth-order valence-electron chi connectivity index (χ4n) is 0.984. The van der Waals surface area contributed by atoms with Crippen LogP contribution in [0, 0.1) is 0 Å². The van der Waals surface area contributed by atoms with Gasteiger partial charge in [0.05, 0.1) is 20.1 Å². The molecule has 2 heterocycles. The third-order valence-corrected chi connectivity index (χ3v) is 3.01. The van der Waals surface area contributed by atoms with Gasteiger partial charge in [0.2, 0.25) is 0 Å². The van der Waals surface area contributed by atoms with Gasteiger partial charge in [-0.15, -0.1) is 11.3 Å². The Morgan fingerprint density at radius 3 is 3.08 bits per heavy atom. The maximum atomic E-state index is 10.4. The van der Waals surface area contributed by atoms with Crippen molar-refractivity contribution in [3.63, 3.8) is 0 Å². The van der Waals surface area contributed by atoms with Crippen molar-refractivity contribution < 1.29 is 4.79 Å². The fourth-order valence-corrected chi connectivity index (χ4v) is 2.09. The lowest BCUT2D eigenvalue weighted by molar-refractivity contribution is 0.112. The molecule has 0 saturated carbocycles. The molecule has 0 fully saturated rings. The van der Waals surface area contributed by atoms with E-state index in [4.69, 9.17) is 11.6 Å². The monoisotopic (exact) mass is 197 g/mol. The summed E-state index contributed by atoms with van der Waals surface area (Å²) in [5, 5.41) is 0.651. The van der Waals surface area contributed by atoms with E-state index < -0.39 is 0 Å². The molecule has 0 amide bonds. The number of thiophene rings is 1. The zero-order valence-corrected chi connectivity index (χ0v) is 7.52. The summed E-state index contributed by atoms with van der Waals surface area (Å²) in [6, 6.07) is 3.45. The Balaban J connectivity index is 2.82. The molecule has 60 valence electrons. The van der Waals surface area contributed by atoms with E-state index in [0.29, 0.717) is 9.90 Å². The van der Waals surface area contributed by atoms with Gasteiger partial charge < -0.3 is 0 Å². The molecule has 0 spiro atoms. The summed E-state index contributed by atoms with van der Waals surface area (Å²) < 4.78 is 0.876. The van der Waals surface area contributed by atoms with Crippen molar-refractivity contribution in [3.8, 4) is 0 Å². The molecule has 0 atom stereocenters. The predicted octanol–water partition coefficient (Wildman–Crippen LogP) is 2.76. The topological polar surface area (TPSA) is 30.0 Å². The van der Waals surface area contributed by atoms with Crippen LogP contribution in [0.25, 0.3) is 10.2 Å². The van der Waals surface area contributed by atoms with Gasteiger partial charge in [-0.25, -0.2) is 0 Å². The minimum absolute atomic E-state index is 0.651. The number of nitrogens with zero attached hydrogens (tertiary/aromatic N) is 1. The summed E-state index contributed by atoms with van der Waals surface area (Å²) in [7, 11) is 0. The molecule has 0 aromatic carbocycles. The minimum atomic E-state index is 0.651. The maximum Gasteiger partial charge on any atom is 0.160 e. The Labute approximate surface area is 77.8 Å². The smallest absolute Gasteiger partial charge is 0.160 e. The van der Waals surface area contributed by atoms with Crippen molar-refractivity contribution in [1.82, 2.24) is 4.98 Å². The van der Waals surface area contributed by atoms with E-state index >= 15 is 0 Å². The molecule has 2 rings (SSSR count). The molecular formula is C8H4ClNOS. The first kappa shape index (κ1) is 7.71. The first-order chi connectivity index (χ1) is 5.81. The van der Waals surface area contributed by atoms with E-state index in [1.165, 1.54) is 11.3 Å². The van der Waals surface area contributed by atoms with Gasteiger partial charge in [0.1, 0.15) is 0 Å². The van der Waals surface area contributed by atoms with Crippen LogP contribution in [-0.4, -0.2) is 11.3 Å². The summed E-state index contributed by atoms with van der Waals surface area (Å²) in [6.45, 7) is 0. The van der Waals surface area contributed by atoms with Crippen molar-refractivity contribution in [2.24, 2.45) is 0 Å². The highest BCUT2D eigenvalue weighted by molar-refractivity contribution is 7.21. The largest absolute Gasteiger partial charge is 0.297 e. The van der Waals surface area contributed by atoms with Crippen LogP contribution >= 0.6 is 22.9 Å². The van der Waals surface area contributed by atoms with Crippen LogP contribution in [0.1, 0.15) is 9.67 Å². The number of hydrogen-bond donors (Lipinski definition) is 0. The van der Waals surface area contributed by atoms with Crippen LogP contribution in [0.5, 0.6) is 0 Å². The quantitative estimate of drug-likeness (QED) is 0.658. The normalized spacial score (nSPS) is 10.4. The van der Waals surface area contributed by atoms with Gasteiger partial charge in [-0.1, -0.05) is 11.6 Å². The molecule has 0 aliphatic rings. The van der Waals surface area contributed by atoms with Crippen LogP contribution in [0.3, 0.4) is 0 Å². The fraction of sp³-hybridized carbons (Fsp3) is 0. The Morgan fingerprint density at radius 2 is 2.42 bits per heavy atom. The molecule has 12 heavy (non-hydrogen) atoms. The van der Waals surface area contributed by atoms with Gasteiger partial charge in [0, 0.05) is 6.20 Å². The highest BCUT2D eigenvalue weighted by atomic mass is 35.5. The third-order valence-electron chi connectivity index (χ3n) is 1.50. The molecule has 0 aliphatic carbocycles. The number of hydrogen-bond acceptors (Lipinski definition) is 3. The van der Waals surface area contributed by atoms with E-state index in [2.05, 4.69) is 4.98 Å². The molecular weight excluding hydrogens is 194 g/mol. The number of carbonyl (C=O) groups excluding carboxylic acids is 1. The first-order valence-corrected chi connectivity index (χ1v) is 4.50. The average molecular weight is 198 g/mol. The van der Waals surface area contributed by atoms with Gasteiger partial charge in [-0.3, -0.25) is 9.78 Å². The number of carbonyl (C=O) groups is 1. The van der Waals surface area contributed by atoms with Crippen LogP contribution in [0.4, 0.5) is 0 Å². The number of rotatable bonds is 1. The Morgan fingerprint density at radius 1 is 1.58 bits per heavy atom. The van der Waals surface area contributed by atoms with Gasteiger partial charge in [0.15, 0.2) is 6.29 Å². The van der Waals surface area contributed by atoms with Crippen molar-refractivity contribution >= 4 is 39.4 Å². The molecule has 0 unspecified atom stereocenters. The second-order valence-corrected chi connectivity index (χ2v) is 3.76. The van der Waals surface area contributed by atoms with Crippen molar-refractivity contribution in [3.05, 3.63) is 28.2 Å².